The van der Waals surface area contributed by atoms with E-state index in [0.29, 0.717) is 19.3 Å². The standard InChI is InChI=1S/C70H124O6/c1-4-7-10-13-16-19-22-25-28-30-32-34-35-37-38-40-42-45-48-51-54-57-60-63-69(72)75-66-67(65-74-68(71)62-59-56-53-50-47-44-27-24-21-18-15-12-9-6-3)76-70(73)64-61-58-55-52-49-46-43-41-39-36-33-31-29-26-23-20-17-14-11-8-5-2/h15,18,22,24-25,27,30-33,35,37,67H,4-14,16-17,19-21,23,26,28-29,34,36,38-66H2,1-3H3/b18-15-,25-22-,27-24-,32-30-,33-31-,37-35-. The minimum absolute atomic E-state index is 0.0834. The first-order valence-electron chi connectivity index (χ1n) is 32.9. The van der Waals surface area contributed by atoms with E-state index in [1.807, 2.05) is 0 Å². The molecule has 1 atom stereocenters. The smallest absolute Gasteiger partial charge is 0.306 e. The fourth-order valence-electron chi connectivity index (χ4n) is 9.40. The summed E-state index contributed by atoms with van der Waals surface area (Å²) in [7, 11) is 0. The van der Waals surface area contributed by atoms with Crippen molar-refractivity contribution in [3.05, 3.63) is 72.9 Å². The predicted molar refractivity (Wildman–Crippen MR) is 330 cm³/mol. The number of carbonyl (C=O) groups is 3. The van der Waals surface area contributed by atoms with E-state index in [4.69, 9.17) is 14.2 Å². The summed E-state index contributed by atoms with van der Waals surface area (Å²) in [5, 5.41) is 0. The van der Waals surface area contributed by atoms with Crippen LogP contribution in [0.4, 0.5) is 0 Å². The Morgan fingerprint density at radius 2 is 0.487 bits per heavy atom. The second-order valence-corrected chi connectivity index (χ2v) is 22.0. The van der Waals surface area contributed by atoms with Gasteiger partial charge in [-0.1, -0.05) is 280 Å². The molecule has 6 heteroatoms. The first kappa shape index (κ1) is 72.8. The Balaban J connectivity index is 4.35. The molecular weight excluding hydrogens is 937 g/mol. The van der Waals surface area contributed by atoms with Crippen LogP contribution in [0.3, 0.4) is 0 Å². The van der Waals surface area contributed by atoms with Gasteiger partial charge in [0.1, 0.15) is 13.2 Å². The highest BCUT2D eigenvalue weighted by atomic mass is 16.6. The molecular formula is C70H124O6. The van der Waals surface area contributed by atoms with E-state index in [0.717, 1.165) is 96.3 Å². The van der Waals surface area contributed by atoms with Crippen molar-refractivity contribution in [2.45, 2.75) is 341 Å². The van der Waals surface area contributed by atoms with Crippen LogP contribution in [-0.4, -0.2) is 37.2 Å². The van der Waals surface area contributed by atoms with E-state index in [2.05, 4.69) is 93.7 Å². The molecule has 0 aliphatic heterocycles. The van der Waals surface area contributed by atoms with Crippen LogP contribution in [0.15, 0.2) is 72.9 Å². The van der Waals surface area contributed by atoms with Crippen molar-refractivity contribution >= 4 is 17.9 Å². The molecule has 0 N–H and O–H groups in total. The zero-order valence-corrected chi connectivity index (χ0v) is 50.5. The van der Waals surface area contributed by atoms with Crippen LogP contribution < -0.4 is 0 Å². The fourth-order valence-corrected chi connectivity index (χ4v) is 9.40. The van der Waals surface area contributed by atoms with Crippen molar-refractivity contribution in [2.75, 3.05) is 13.2 Å². The SMILES string of the molecule is CCCC/C=C\C/C=C\CCCCCCCC(=O)OCC(COC(=O)CCCCCCCCCC/C=C\C/C=C\C/C=C\CCCCCCC)OC(=O)CCCCCCCCCCC/C=C\CCCCCCCCCC. The molecule has 0 aliphatic rings. The van der Waals surface area contributed by atoms with Crippen LogP contribution in [0, 0.1) is 0 Å². The van der Waals surface area contributed by atoms with Crippen molar-refractivity contribution in [3.63, 3.8) is 0 Å². The van der Waals surface area contributed by atoms with Gasteiger partial charge in [0.2, 0.25) is 0 Å². The molecule has 0 aromatic heterocycles. The van der Waals surface area contributed by atoms with E-state index in [1.165, 1.54) is 199 Å². The maximum Gasteiger partial charge on any atom is 0.306 e. The third kappa shape index (κ3) is 61.7. The van der Waals surface area contributed by atoms with Gasteiger partial charge in [-0.05, 0) is 109 Å². The average Bonchev–Trinajstić information content (AvgIpc) is 3.42. The summed E-state index contributed by atoms with van der Waals surface area (Å²) in [6, 6.07) is 0. The molecule has 0 saturated carbocycles. The summed E-state index contributed by atoms with van der Waals surface area (Å²) in [5.74, 6) is -0.891. The minimum atomic E-state index is -0.787. The maximum atomic E-state index is 12.9. The largest absolute Gasteiger partial charge is 0.462 e. The van der Waals surface area contributed by atoms with Crippen molar-refractivity contribution in [1.82, 2.24) is 0 Å². The Bertz CT molecular complexity index is 1400. The van der Waals surface area contributed by atoms with Crippen molar-refractivity contribution in [1.29, 1.82) is 0 Å². The van der Waals surface area contributed by atoms with Gasteiger partial charge in [-0.15, -0.1) is 0 Å². The third-order valence-electron chi connectivity index (χ3n) is 14.4. The Labute approximate surface area is 472 Å². The van der Waals surface area contributed by atoms with Crippen LogP contribution in [0.2, 0.25) is 0 Å². The second kappa shape index (κ2) is 64.4. The maximum absolute atomic E-state index is 12.9. The predicted octanol–water partition coefficient (Wildman–Crippen LogP) is 22.5. The van der Waals surface area contributed by atoms with E-state index in [9.17, 15) is 14.4 Å². The number of allylic oxidation sites excluding steroid dienone is 12. The molecule has 0 heterocycles. The van der Waals surface area contributed by atoms with Crippen molar-refractivity contribution in [3.8, 4) is 0 Å². The van der Waals surface area contributed by atoms with Gasteiger partial charge < -0.3 is 14.2 Å². The lowest BCUT2D eigenvalue weighted by Crippen LogP contribution is -2.30. The lowest BCUT2D eigenvalue weighted by molar-refractivity contribution is -0.167. The number of rotatable bonds is 60. The zero-order chi connectivity index (χ0) is 55.0. The summed E-state index contributed by atoms with van der Waals surface area (Å²) in [4.78, 5) is 38.3. The summed E-state index contributed by atoms with van der Waals surface area (Å²) in [5.41, 5.74) is 0. The van der Waals surface area contributed by atoms with E-state index in [1.54, 1.807) is 0 Å². The molecule has 0 aromatic carbocycles. The number of esters is 3. The molecule has 0 amide bonds. The van der Waals surface area contributed by atoms with Gasteiger partial charge in [0.25, 0.3) is 0 Å². The molecule has 6 nitrogen and oxygen atoms in total. The van der Waals surface area contributed by atoms with Crippen LogP contribution >= 0.6 is 0 Å². The summed E-state index contributed by atoms with van der Waals surface area (Å²) in [6.45, 7) is 6.61. The van der Waals surface area contributed by atoms with E-state index >= 15 is 0 Å². The van der Waals surface area contributed by atoms with Gasteiger partial charge in [0.15, 0.2) is 6.10 Å². The van der Waals surface area contributed by atoms with Crippen molar-refractivity contribution in [2.24, 2.45) is 0 Å². The molecule has 0 rings (SSSR count). The normalized spacial score (nSPS) is 12.5. The molecule has 0 saturated heterocycles. The number of hydrogen-bond acceptors (Lipinski definition) is 6. The molecule has 0 aromatic rings. The highest BCUT2D eigenvalue weighted by molar-refractivity contribution is 5.71. The molecule has 440 valence electrons. The van der Waals surface area contributed by atoms with Crippen LogP contribution in [0.1, 0.15) is 335 Å². The summed E-state index contributed by atoms with van der Waals surface area (Å²) in [6.07, 6.45) is 83.3. The van der Waals surface area contributed by atoms with Gasteiger partial charge in [-0.25, -0.2) is 0 Å². The summed E-state index contributed by atoms with van der Waals surface area (Å²) < 4.78 is 16.9. The Kier molecular flexibility index (Phi) is 61.7. The van der Waals surface area contributed by atoms with E-state index in [-0.39, 0.29) is 31.1 Å². The average molecular weight is 1060 g/mol. The number of ether oxygens (including phenoxy) is 3. The number of hydrogen-bond donors (Lipinski definition) is 0. The Morgan fingerprint density at radius 1 is 0.263 bits per heavy atom. The monoisotopic (exact) mass is 1060 g/mol. The molecule has 76 heavy (non-hydrogen) atoms. The number of unbranched alkanes of at least 4 members (excludes halogenated alkanes) is 37. The molecule has 0 fully saturated rings. The van der Waals surface area contributed by atoms with Crippen LogP contribution in [0.25, 0.3) is 0 Å². The topological polar surface area (TPSA) is 78.9 Å². The van der Waals surface area contributed by atoms with Gasteiger partial charge in [0, 0.05) is 19.3 Å². The minimum Gasteiger partial charge on any atom is -0.462 e. The molecule has 1 unspecified atom stereocenters. The lowest BCUT2D eigenvalue weighted by Gasteiger charge is -2.18. The van der Waals surface area contributed by atoms with Gasteiger partial charge >= 0.3 is 17.9 Å². The zero-order valence-electron chi connectivity index (χ0n) is 50.5. The first-order valence-corrected chi connectivity index (χ1v) is 32.9. The lowest BCUT2D eigenvalue weighted by atomic mass is 10.1. The Morgan fingerprint density at radius 3 is 0.789 bits per heavy atom. The highest BCUT2D eigenvalue weighted by Crippen LogP contribution is 2.16. The quantitative estimate of drug-likeness (QED) is 0.0261. The Hall–Kier alpha value is -3.15. The third-order valence-corrected chi connectivity index (χ3v) is 14.4. The van der Waals surface area contributed by atoms with Crippen LogP contribution in [0.5, 0.6) is 0 Å². The molecule has 0 aliphatic carbocycles. The van der Waals surface area contributed by atoms with Crippen LogP contribution in [-0.2, 0) is 28.6 Å². The summed E-state index contributed by atoms with van der Waals surface area (Å²) >= 11 is 0. The number of carbonyl (C=O) groups excluding carboxylic acids is 3. The van der Waals surface area contributed by atoms with E-state index < -0.39 is 6.10 Å². The molecule has 0 radical (unpaired) electrons. The van der Waals surface area contributed by atoms with Gasteiger partial charge in [0.05, 0.1) is 0 Å². The molecule has 0 bridgehead atoms. The molecule has 0 spiro atoms. The van der Waals surface area contributed by atoms with Gasteiger partial charge in [-0.3, -0.25) is 14.4 Å². The first-order chi connectivity index (χ1) is 37.5. The fraction of sp³-hybridized carbons (Fsp3) is 0.786. The van der Waals surface area contributed by atoms with Crippen molar-refractivity contribution < 1.29 is 28.6 Å². The van der Waals surface area contributed by atoms with Gasteiger partial charge in [-0.2, -0.15) is 0 Å². The second-order valence-electron chi connectivity index (χ2n) is 22.0. The highest BCUT2D eigenvalue weighted by Gasteiger charge is 2.19.